The minimum atomic E-state index is -0.354. The number of hydrogen-bond acceptors (Lipinski definition) is 3. The van der Waals surface area contributed by atoms with Gasteiger partial charge in [0.15, 0.2) is 0 Å². The highest BCUT2D eigenvalue weighted by atomic mass is 16.5. The van der Waals surface area contributed by atoms with Gasteiger partial charge in [-0.3, -0.25) is 0 Å². The van der Waals surface area contributed by atoms with Crippen LogP contribution in [-0.4, -0.2) is 47.9 Å². The minimum Gasteiger partial charge on any atom is -0.491 e. The molecule has 0 aromatic heterocycles. The highest BCUT2D eigenvalue weighted by Crippen LogP contribution is 2.19. The second-order valence-corrected chi connectivity index (χ2v) is 6.88. The van der Waals surface area contributed by atoms with Gasteiger partial charge in [-0.05, 0) is 57.7 Å². The van der Waals surface area contributed by atoms with Crippen LogP contribution in [0.15, 0.2) is 24.3 Å². The first-order valence-electron chi connectivity index (χ1n) is 8.92. The van der Waals surface area contributed by atoms with Crippen LogP contribution in [0.25, 0.3) is 0 Å². The van der Waals surface area contributed by atoms with Crippen LogP contribution in [0.3, 0.4) is 0 Å². The maximum Gasteiger partial charge on any atom is 0.317 e. The zero-order chi connectivity index (χ0) is 17.5. The molecule has 5 heteroatoms. The third kappa shape index (κ3) is 5.71. The van der Waals surface area contributed by atoms with E-state index in [4.69, 9.17) is 4.74 Å². The summed E-state index contributed by atoms with van der Waals surface area (Å²) in [5.41, 5.74) is 1.17. The number of likely N-dealkylation sites (tertiary alicyclic amines) is 1. The van der Waals surface area contributed by atoms with E-state index in [2.05, 4.69) is 5.32 Å². The van der Waals surface area contributed by atoms with Gasteiger partial charge in [-0.15, -0.1) is 0 Å². The highest BCUT2D eigenvalue weighted by Gasteiger charge is 2.26. The Bertz CT molecular complexity index is 514. The summed E-state index contributed by atoms with van der Waals surface area (Å²) >= 11 is 0. The molecule has 2 unspecified atom stereocenters. The molecule has 2 rings (SSSR count). The van der Waals surface area contributed by atoms with Gasteiger partial charge in [0.25, 0.3) is 0 Å². The summed E-state index contributed by atoms with van der Waals surface area (Å²) in [6.07, 6.45) is 2.56. The summed E-state index contributed by atoms with van der Waals surface area (Å²) in [5.74, 6) is 1.06. The molecule has 0 bridgehead atoms. The molecule has 2 N–H and O–H groups in total. The van der Waals surface area contributed by atoms with Crippen LogP contribution < -0.4 is 10.1 Å². The predicted octanol–water partition coefficient (Wildman–Crippen LogP) is 2.82. The summed E-state index contributed by atoms with van der Waals surface area (Å²) in [6.45, 7) is 7.84. The number of amides is 2. The Kier molecular flexibility index (Phi) is 6.91. The summed E-state index contributed by atoms with van der Waals surface area (Å²) in [6, 6.07) is 7.98. The summed E-state index contributed by atoms with van der Waals surface area (Å²) in [7, 11) is 0. The Morgan fingerprint density at radius 1 is 1.33 bits per heavy atom. The van der Waals surface area contributed by atoms with Gasteiger partial charge in [-0.2, -0.15) is 0 Å². The van der Waals surface area contributed by atoms with Crippen molar-refractivity contribution in [3.05, 3.63) is 29.8 Å². The van der Waals surface area contributed by atoms with Crippen molar-refractivity contribution in [2.24, 2.45) is 5.92 Å². The molecule has 0 radical (unpaired) electrons. The van der Waals surface area contributed by atoms with E-state index in [9.17, 15) is 9.90 Å². The number of aliphatic hydroxyl groups excluding tert-OH is 1. The van der Waals surface area contributed by atoms with E-state index in [-0.39, 0.29) is 24.2 Å². The van der Waals surface area contributed by atoms with Crippen molar-refractivity contribution in [1.29, 1.82) is 0 Å². The smallest absolute Gasteiger partial charge is 0.317 e. The van der Waals surface area contributed by atoms with Gasteiger partial charge in [0.05, 0.1) is 12.2 Å². The molecule has 2 amide bonds. The minimum absolute atomic E-state index is 0.0277. The number of nitrogens with zero attached hydrogens (tertiary/aromatic N) is 1. The molecule has 1 aliphatic heterocycles. The summed E-state index contributed by atoms with van der Waals surface area (Å²) < 4.78 is 5.62. The number of hydrogen-bond donors (Lipinski definition) is 2. The fourth-order valence-electron chi connectivity index (χ4n) is 3.02. The maximum absolute atomic E-state index is 12.2. The van der Waals surface area contributed by atoms with Gasteiger partial charge in [0, 0.05) is 25.6 Å². The molecule has 0 spiro atoms. The van der Waals surface area contributed by atoms with E-state index >= 15 is 0 Å². The van der Waals surface area contributed by atoms with Crippen molar-refractivity contribution in [2.75, 3.05) is 19.6 Å². The van der Waals surface area contributed by atoms with Crippen molar-refractivity contribution in [3.8, 4) is 5.75 Å². The third-order valence-electron chi connectivity index (χ3n) is 4.41. The van der Waals surface area contributed by atoms with Crippen molar-refractivity contribution in [1.82, 2.24) is 10.2 Å². The standard InChI is InChI=1S/C19H30N2O3/c1-14(2)24-18-8-6-16(7-9-18)10-11-20-19(23)21-12-4-5-17(13-21)15(3)22/h6-9,14-15,17,22H,4-5,10-13H2,1-3H3,(H,20,23). The third-order valence-corrected chi connectivity index (χ3v) is 4.41. The molecule has 0 aliphatic carbocycles. The molecular weight excluding hydrogens is 304 g/mol. The quantitative estimate of drug-likeness (QED) is 0.841. The first-order chi connectivity index (χ1) is 11.5. The lowest BCUT2D eigenvalue weighted by Crippen LogP contribution is -2.47. The predicted molar refractivity (Wildman–Crippen MR) is 95.3 cm³/mol. The molecule has 1 heterocycles. The average molecular weight is 334 g/mol. The number of nitrogens with one attached hydrogen (secondary N) is 1. The number of rotatable bonds is 6. The van der Waals surface area contributed by atoms with Gasteiger partial charge >= 0.3 is 6.03 Å². The van der Waals surface area contributed by atoms with Crippen molar-refractivity contribution in [3.63, 3.8) is 0 Å². The molecule has 134 valence electrons. The molecule has 0 saturated carbocycles. The van der Waals surface area contributed by atoms with Gasteiger partial charge in [-0.25, -0.2) is 4.79 Å². The Morgan fingerprint density at radius 3 is 2.67 bits per heavy atom. The fourth-order valence-corrected chi connectivity index (χ4v) is 3.02. The van der Waals surface area contributed by atoms with Crippen molar-refractivity contribution >= 4 is 6.03 Å². The number of carbonyl (C=O) groups excluding carboxylic acids is 1. The Morgan fingerprint density at radius 2 is 2.04 bits per heavy atom. The van der Waals surface area contributed by atoms with Gasteiger partial charge in [0.2, 0.25) is 0 Å². The molecule has 1 aromatic carbocycles. The molecular formula is C19H30N2O3. The Labute approximate surface area is 145 Å². The number of aliphatic hydroxyl groups is 1. The SMILES string of the molecule is CC(C)Oc1ccc(CCNC(=O)N2CCCC(C(C)O)C2)cc1. The van der Waals surface area contributed by atoms with E-state index in [0.717, 1.165) is 31.6 Å². The first kappa shape index (κ1) is 18.6. The molecule has 1 saturated heterocycles. The van der Waals surface area contributed by atoms with Crippen molar-refractivity contribution in [2.45, 2.75) is 52.2 Å². The van der Waals surface area contributed by atoms with Gasteiger partial charge in [0.1, 0.15) is 5.75 Å². The Balaban J connectivity index is 1.74. The molecule has 2 atom stereocenters. The molecule has 1 aromatic rings. The van der Waals surface area contributed by atoms with Crippen LogP contribution in [0.1, 0.15) is 39.2 Å². The van der Waals surface area contributed by atoms with Crippen LogP contribution in [0.5, 0.6) is 5.75 Å². The number of piperidine rings is 1. The second-order valence-electron chi connectivity index (χ2n) is 6.88. The van der Waals surface area contributed by atoms with Crippen molar-refractivity contribution < 1.29 is 14.6 Å². The number of urea groups is 1. The number of benzene rings is 1. The molecule has 5 nitrogen and oxygen atoms in total. The molecule has 1 fully saturated rings. The highest BCUT2D eigenvalue weighted by molar-refractivity contribution is 5.74. The van der Waals surface area contributed by atoms with E-state index in [1.807, 2.05) is 43.0 Å². The lowest BCUT2D eigenvalue weighted by atomic mass is 9.94. The molecule has 24 heavy (non-hydrogen) atoms. The van der Waals surface area contributed by atoms with E-state index in [0.29, 0.717) is 13.1 Å². The normalized spacial score (nSPS) is 19.2. The second kappa shape index (κ2) is 8.92. The average Bonchev–Trinajstić information content (AvgIpc) is 2.56. The molecule has 1 aliphatic rings. The van der Waals surface area contributed by atoms with E-state index < -0.39 is 0 Å². The lowest BCUT2D eigenvalue weighted by Gasteiger charge is -2.34. The number of carbonyl (C=O) groups is 1. The summed E-state index contributed by atoms with van der Waals surface area (Å²) in [5, 5.41) is 12.7. The van der Waals surface area contributed by atoms with Crippen LogP contribution >= 0.6 is 0 Å². The van der Waals surface area contributed by atoms with E-state index in [1.54, 1.807) is 6.92 Å². The fraction of sp³-hybridized carbons (Fsp3) is 0.632. The lowest BCUT2D eigenvalue weighted by molar-refractivity contribution is 0.0740. The van der Waals surface area contributed by atoms with Crippen LogP contribution in [0.4, 0.5) is 4.79 Å². The largest absolute Gasteiger partial charge is 0.491 e. The summed E-state index contributed by atoms with van der Waals surface area (Å²) in [4.78, 5) is 14.1. The topological polar surface area (TPSA) is 61.8 Å². The van der Waals surface area contributed by atoms with Crippen LogP contribution in [0.2, 0.25) is 0 Å². The van der Waals surface area contributed by atoms with Crippen LogP contribution in [-0.2, 0) is 6.42 Å². The zero-order valence-electron chi connectivity index (χ0n) is 15.0. The van der Waals surface area contributed by atoms with Gasteiger partial charge in [-0.1, -0.05) is 12.1 Å². The monoisotopic (exact) mass is 334 g/mol. The first-order valence-corrected chi connectivity index (χ1v) is 8.92. The van der Waals surface area contributed by atoms with Gasteiger partial charge < -0.3 is 20.1 Å². The van der Waals surface area contributed by atoms with Crippen LogP contribution in [0, 0.1) is 5.92 Å². The zero-order valence-corrected chi connectivity index (χ0v) is 15.0. The maximum atomic E-state index is 12.2. The number of ether oxygens (including phenoxy) is 1. The van der Waals surface area contributed by atoms with E-state index in [1.165, 1.54) is 5.56 Å². The Hall–Kier alpha value is -1.75.